The second kappa shape index (κ2) is 7.79. The van der Waals surface area contributed by atoms with Gasteiger partial charge in [0.15, 0.2) is 0 Å². The molecule has 1 aromatic carbocycles. The molecule has 1 N–H and O–H groups in total. The van der Waals surface area contributed by atoms with Gasteiger partial charge in [0.1, 0.15) is 0 Å². The van der Waals surface area contributed by atoms with Gasteiger partial charge in [-0.25, -0.2) is 0 Å². The number of amides is 1. The van der Waals surface area contributed by atoms with E-state index < -0.39 is 0 Å². The van der Waals surface area contributed by atoms with Crippen molar-refractivity contribution in [2.24, 2.45) is 5.92 Å². The lowest BCUT2D eigenvalue weighted by atomic mass is 9.96. The van der Waals surface area contributed by atoms with Gasteiger partial charge in [0.25, 0.3) is 0 Å². The summed E-state index contributed by atoms with van der Waals surface area (Å²) in [4.78, 5) is 14.5. The molecule has 0 aromatic heterocycles. The Morgan fingerprint density at radius 1 is 1.50 bits per heavy atom. The van der Waals surface area contributed by atoms with Crippen molar-refractivity contribution in [2.45, 2.75) is 32.7 Å². The highest BCUT2D eigenvalue weighted by Crippen LogP contribution is 2.20. The van der Waals surface area contributed by atoms with Crippen molar-refractivity contribution in [2.75, 3.05) is 19.6 Å². The highest BCUT2D eigenvalue weighted by atomic mass is 79.9. The summed E-state index contributed by atoms with van der Waals surface area (Å²) < 4.78 is 1.12. The molecule has 0 aliphatic carbocycles. The summed E-state index contributed by atoms with van der Waals surface area (Å²) in [6.07, 6.45) is 3.13. The molecule has 0 saturated carbocycles. The minimum Gasteiger partial charge on any atom is -0.356 e. The van der Waals surface area contributed by atoms with Gasteiger partial charge in [-0.2, -0.15) is 0 Å². The fourth-order valence-electron chi connectivity index (χ4n) is 2.70. The zero-order chi connectivity index (χ0) is 14.4. The van der Waals surface area contributed by atoms with E-state index in [1.54, 1.807) is 0 Å². The van der Waals surface area contributed by atoms with E-state index in [0.717, 1.165) is 49.9 Å². The SMILES string of the molecule is CCCNC(=O)C1CCCN(Cc2cccc(Br)c2)C1. The molecule has 1 aliphatic rings. The predicted molar refractivity (Wildman–Crippen MR) is 85.4 cm³/mol. The van der Waals surface area contributed by atoms with Gasteiger partial charge in [-0.1, -0.05) is 35.0 Å². The van der Waals surface area contributed by atoms with Gasteiger partial charge in [-0.3, -0.25) is 9.69 Å². The number of carbonyl (C=O) groups is 1. The molecular formula is C16H23BrN2O. The van der Waals surface area contributed by atoms with Crippen molar-refractivity contribution in [3.63, 3.8) is 0 Å². The molecule has 1 aromatic rings. The lowest BCUT2D eigenvalue weighted by Gasteiger charge is -2.32. The fraction of sp³-hybridized carbons (Fsp3) is 0.562. The third-order valence-corrected chi connectivity index (χ3v) is 4.21. The first-order chi connectivity index (χ1) is 9.69. The molecule has 4 heteroatoms. The molecule has 20 heavy (non-hydrogen) atoms. The molecule has 1 saturated heterocycles. The van der Waals surface area contributed by atoms with Crippen LogP contribution in [0, 0.1) is 5.92 Å². The normalized spacial score (nSPS) is 19.8. The minimum atomic E-state index is 0.155. The maximum Gasteiger partial charge on any atom is 0.224 e. The number of likely N-dealkylation sites (tertiary alicyclic amines) is 1. The summed E-state index contributed by atoms with van der Waals surface area (Å²) in [5.41, 5.74) is 1.30. The first-order valence-corrected chi connectivity index (χ1v) is 8.23. The Kier molecular flexibility index (Phi) is 6.05. The summed E-state index contributed by atoms with van der Waals surface area (Å²) in [6, 6.07) is 8.40. The lowest BCUT2D eigenvalue weighted by Crippen LogP contribution is -2.42. The van der Waals surface area contributed by atoms with Crippen LogP contribution in [0.25, 0.3) is 0 Å². The molecule has 1 amide bonds. The smallest absolute Gasteiger partial charge is 0.224 e. The highest BCUT2D eigenvalue weighted by molar-refractivity contribution is 9.10. The van der Waals surface area contributed by atoms with Gasteiger partial charge >= 0.3 is 0 Å². The largest absolute Gasteiger partial charge is 0.356 e. The van der Waals surface area contributed by atoms with Crippen molar-refractivity contribution in [3.05, 3.63) is 34.3 Å². The standard InChI is InChI=1S/C16H23BrN2O/c1-2-8-18-16(20)14-6-4-9-19(12-14)11-13-5-3-7-15(17)10-13/h3,5,7,10,14H,2,4,6,8-9,11-12H2,1H3,(H,18,20). The average Bonchev–Trinajstić information content (AvgIpc) is 2.45. The van der Waals surface area contributed by atoms with Crippen LogP contribution >= 0.6 is 15.9 Å². The second-order valence-corrected chi connectivity index (χ2v) is 6.41. The van der Waals surface area contributed by atoms with Gasteiger partial charge < -0.3 is 5.32 Å². The Bertz CT molecular complexity index is 450. The van der Waals surface area contributed by atoms with E-state index in [1.807, 2.05) is 6.07 Å². The number of nitrogens with one attached hydrogen (secondary N) is 1. The van der Waals surface area contributed by atoms with Crippen molar-refractivity contribution in [3.8, 4) is 0 Å². The van der Waals surface area contributed by atoms with Crippen LogP contribution in [0.1, 0.15) is 31.7 Å². The number of carbonyl (C=O) groups excluding carboxylic acids is 1. The zero-order valence-corrected chi connectivity index (χ0v) is 13.7. The number of hydrogen-bond acceptors (Lipinski definition) is 2. The molecular weight excluding hydrogens is 316 g/mol. The first-order valence-electron chi connectivity index (χ1n) is 7.43. The van der Waals surface area contributed by atoms with E-state index in [2.05, 4.69) is 51.3 Å². The number of benzene rings is 1. The first kappa shape index (κ1) is 15.5. The van der Waals surface area contributed by atoms with Gasteiger partial charge in [-0.05, 0) is 43.5 Å². The van der Waals surface area contributed by atoms with Crippen molar-refractivity contribution in [1.29, 1.82) is 0 Å². The Morgan fingerprint density at radius 2 is 2.35 bits per heavy atom. The van der Waals surface area contributed by atoms with Gasteiger partial charge in [-0.15, -0.1) is 0 Å². The van der Waals surface area contributed by atoms with E-state index in [9.17, 15) is 4.79 Å². The predicted octanol–water partition coefficient (Wildman–Crippen LogP) is 3.19. The van der Waals surface area contributed by atoms with Crippen molar-refractivity contribution in [1.82, 2.24) is 10.2 Å². The summed E-state index contributed by atoms with van der Waals surface area (Å²) in [7, 11) is 0. The van der Waals surface area contributed by atoms with Crippen LogP contribution in [0.2, 0.25) is 0 Å². The van der Waals surface area contributed by atoms with E-state index in [-0.39, 0.29) is 11.8 Å². The molecule has 1 unspecified atom stereocenters. The number of hydrogen-bond donors (Lipinski definition) is 1. The Labute approximate surface area is 129 Å². The number of halogens is 1. The summed E-state index contributed by atoms with van der Waals surface area (Å²) in [5.74, 6) is 0.383. The summed E-state index contributed by atoms with van der Waals surface area (Å²) in [6.45, 7) is 5.77. The third-order valence-electron chi connectivity index (χ3n) is 3.72. The van der Waals surface area contributed by atoms with Crippen molar-refractivity contribution >= 4 is 21.8 Å². The fourth-order valence-corrected chi connectivity index (χ4v) is 3.15. The highest BCUT2D eigenvalue weighted by Gasteiger charge is 2.25. The molecule has 1 aliphatic heterocycles. The molecule has 1 heterocycles. The molecule has 1 fully saturated rings. The van der Waals surface area contributed by atoms with Crippen LogP contribution in [-0.2, 0) is 11.3 Å². The Morgan fingerprint density at radius 3 is 3.10 bits per heavy atom. The molecule has 0 bridgehead atoms. The van der Waals surface area contributed by atoms with Crippen LogP contribution in [-0.4, -0.2) is 30.4 Å². The van der Waals surface area contributed by atoms with Crippen LogP contribution in [0.3, 0.4) is 0 Å². The Balaban J connectivity index is 1.88. The minimum absolute atomic E-state index is 0.155. The molecule has 2 rings (SSSR count). The maximum absolute atomic E-state index is 12.1. The van der Waals surface area contributed by atoms with E-state index in [0.29, 0.717) is 0 Å². The summed E-state index contributed by atoms with van der Waals surface area (Å²) >= 11 is 3.51. The van der Waals surface area contributed by atoms with Crippen LogP contribution in [0.5, 0.6) is 0 Å². The Hall–Kier alpha value is -0.870. The monoisotopic (exact) mass is 338 g/mol. The lowest BCUT2D eigenvalue weighted by molar-refractivity contribution is -0.126. The van der Waals surface area contributed by atoms with Gasteiger partial charge in [0, 0.05) is 24.1 Å². The number of rotatable bonds is 5. The maximum atomic E-state index is 12.1. The quantitative estimate of drug-likeness (QED) is 0.894. The second-order valence-electron chi connectivity index (χ2n) is 5.50. The van der Waals surface area contributed by atoms with Crippen LogP contribution < -0.4 is 5.32 Å². The van der Waals surface area contributed by atoms with Crippen LogP contribution in [0.15, 0.2) is 28.7 Å². The molecule has 0 spiro atoms. The third kappa shape index (κ3) is 4.60. The van der Waals surface area contributed by atoms with Crippen LogP contribution in [0.4, 0.5) is 0 Å². The van der Waals surface area contributed by atoms with E-state index in [1.165, 1.54) is 5.56 Å². The molecule has 1 atom stereocenters. The van der Waals surface area contributed by atoms with E-state index in [4.69, 9.17) is 0 Å². The van der Waals surface area contributed by atoms with E-state index >= 15 is 0 Å². The average molecular weight is 339 g/mol. The molecule has 110 valence electrons. The van der Waals surface area contributed by atoms with Crippen molar-refractivity contribution < 1.29 is 4.79 Å². The molecule has 0 radical (unpaired) electrons. The van der Waals surface area contributed by atoms with Gasteiger partial charge in [0.2, 0.25) is 5.91 Å². The molecule has 3 nitrogen and oxygen atoms in total. The topological polar surface area (TPSA) is 32.3 Å². The number of piperidine rings is 1. The summed E-state index contributed by atoms with van der Waals surface area (Å²) in [5, 5.41) is 3.02. The zero-order valence-electron chi connectivity index (χ0n) is 12.1. The van der Waals surface area contributed by atoms with Gasteiger partial charge in [0.05, 0.1) is 5.92 Å². The number of nitrogens with zero attached hydrogens (tertiary/aromatic N) is 1.